The van der Waals surface area contributed by atoms with Crippen molar-refractivity contribution in [3.8, 4) is 0 Å². The van der Waals surface area contributed by atoms with Gasteiger partial charge < -0.3 is 10.2 Å². The predicted molar refractivity (Wildman–Crippen MR) is 91.3 cm³/mol. The fraction of sp³-hybridized carbons (Fsp3) is 0.235. The summed E-state index contributed by atoms with van der Waals surface area (Å²) >= 11 is 0. The molecule has 1 N–H and O–H groups in total. The second-order valence-electron chi connectivity index (χ2n) is 5.56. The summed E-state index contributed by atoms with van der Waals surface area (Å²) < 4.78 is 0. The maximum absolute atomic E-state index is 12.4. The Morgan fingerprint density at radius 2 is 1.87 bits per heavy atom. The van der Waals surface area contributed by atoms with Gasteiger partial charge in [-0.2, -0.15) is 0 Å². The van der Waals surface area contributed by atoms with Crippen LogP contribution in [0.4, 0.5) is 17.1 Å². The van der Waals surface area contributed by atoms with Crippen LogP contribution < -0.4 is 10.2 Å². The molecule has 0 atom stereocenters. The summed E-state index contributed by atoms with van der Waals surface area (Å²) in [6.45, 7) is 3.88. The average Bonchev–Trinajstić information content (AvgIpc) is 2.51. The number of hydrogen-bond acceptors (Lipinski definition) is 4. The average molecular weight is 313 g/mol. The Bertz CT molecular complexity index is 770. The fourth-order valence-electron chi connectivity index (χ4n) is 2.27. The van der Waals surface area contributed by atoms with Gasteiger partial charge in [0.25, 0.3) is 11.6 Å². The van der Waals surface area contributed by atoms with Crippen LogP contribution in [0.5, 0.6) is 0 Å². The number of nitro benzene ring substituents is 1. The van der Waals surface area contributed by atoms with Gasteiger partial charge in [0.15, 0.2) is 0 Å². The van der Waals surface area contributed by atoms with Crippen molar-refractivity contribution < 1.29 is 9.72 Å². The number of hydrogen-bond donors (Lipinski definition) is 1. The van der Waals surface area contributed by atoms with Crippen LogP contribution in [0.2, 0.25) is 0 Å². The second-order valence-corrected chi connectivity index (χ2v) is 5.56. The van der Waals surface area contributed by atoms with E-state index < -0.39 is 4.92 Å². The number of amides is 1. The minimum absolute atomic E-state index is 0.0939. The summed E-state index contributed by atoms with van der Waals surface area (Å²) in [4.78, 5) is 24.8. The number of carbonyl (C=O) groups excluding carboxylic acids is 1. The highest BCUT2D eigenvalue weighted by Gasteiger charge is 2.19. The van der Waals surface area contributed by atoms with E-state index in [1.54, 1.807) is 31.1 Å². The Morgan fingerprint density at radius 1 is 1.17 bits per heavy atom. The zero-order valence-electron chi connectivity index (χ0n) is 13.6. The minimum Gasteiger partial charge on any atom is -0.372 e. The highest BCUT2D eigenvalue weighted by atomic mass is 16.6. The summed E-state index contributed by atoms with van der Waals surface area (Å²) in [6, 6.07) is 10.1. The third-order valence-corrected chi connectivity index (χ3v) is 3.77. The molecule has 0 fully saturated rings. The van der Waals surface area contributed by atoms with E-state index in [2.05, 4.69) is 5.32 Å². The van der Waals surface area contributed by atoms with E-state index in [0.717, 1.165) is 11.1 Å². The lowest BCUT2D eigenvalue weighted by Crippen LogP contribution is -2.15. The molecule has 0 aliphatic carbocycles. The maximum atomic E-state index is 12.4. The number of rotatable bonds is 4. The largest absolute Gasteiger partial charge is 0.372 e. The Morgan fingerprint density at radius 3 is 2.48 bits per heavy atom. The number of aryl methyl sites for hydroxylation is 1. The van der Waals surface area contributed by atoms with Crippen molar-refractivity contribution in [3.05, 3.63) is 63.2 Å². The number of carbonyl (C=O) groups is 1. The first-order valence-electron chi connectivity index (χ1n) is 7.14. The molecule has 120 valence electrons. The molecule has 0 aromatic heterocycles. The molecule has 6 nitrogen and oxygen atoms in total. The van der Waals surface area contributed by atoms with Gasteiger partial charge in [-0.3, -0.25) is 14.9 Å². The van der Waals surface area contributed by atoms with Gasteiger partial charge in [-0.1, -0.05) is 12.1 Å². The van der Waals surface area contributed by atoms with Crippen molar-refractivity contribution in [1.29, 1.82) is 0 Å². The lowest BCUT2D eigenvalue weighted by molar-refractivity contribution is -0.384. The van der Waals surface area contributed by atoms with Crippen LogP contribution in [0.25, 0.3) is 0 Å². The summed E-state index contributed by atoms with van der Waals surface area (Å²) in [5.74, 6) is -0.368. The van der Waals surface area contributed by atoms with Gasteiger partial charge in [0.1, 0.15) is 5.69 Å². The van der Waals surface area contributed by atoms with Crippen LogP contribution in [0.15, 0.2) is 36.4 Å². The summed E-state index contributed by atoms with van der Waals surface area (Å²) in [5, 5.41) is 14.0. The van der Waals surface area contributed by atoms with Gasteiger partial charge in [0, 0.05) is 31.4 Å². The van der Waals surface area contributed by atoms with Crippen molar-refractivity contribution >= 4 is 23.0 Å². The highest BCUT2D eigenvalue weighted by Crippen LogP contribution is 2.28. The van der Waals surface area contributed by atoms with E-state index in [0.29, 0.717) is 11.4 Å². The van der Waals surface area contributed by atoms with Crippen molar-refractivity contribution in [3.63, 3.8) is 0 Å². The number of nitrogens with zero attached hydrogens (tertiary/aromatic N) is 2. The molecule has 2 rings (SSSR count). The van der Waals surface area contributed by atoms with Crippen LogP contribution >= 0.6 is 0 Å². The van der Waals surface area contributed by atoms with Crippen molar-refractivity contribution in [1.82, 2.24) is 0 Å². The zero-order valence-corrected chi connectivity index (χ0v) is 13.6. The summed E-state index contributed by atoms with van der Waals surface area (Å²) in [6.07, 6.45) is 0. The van der Waals surface area contributed by atoms with Gasteiger partial charge in [-0.05, 0) is 43.2 Å². The van der Waals surface area contributed by atoms with E-state index in [1.807, 2.05) is 32.0 Å². The molecular weight excluding hydrogens is 294 g/mol. The fourth-order valence-corrected chi connectivity index (χ4v) is 2.27. The van der Waals surface area contributed by atoms with E-state index in [9.17, 15) is 14.9 Å². The van der Waals surface area contributed by atoms with Gasteiger partial charge in [0.2, 0.25) is 0 Å². The second kappa shape index (κ2) is 6.48. The van der Waals surface area contributed by atoms with Crippen molar-refractivity contribution in [2.75, 3.05) is 24.3 Å². The van der Waals surface area contributed by atoms with E-state index in [4.69, 9.17) is 0 Å². The number of benzene rings is 2. The van der Waals surface area contributed by atoms with Crippen molar-refractivity contribution in [2.24, 2.45) is 0 Å². The molecule has 0 unspecified atom stereocenters. The van der Waals surface area contributed by atoms with Crippen LogP contribution in [0, 0.1) is 24.0 Å². The Kier molecular flexibility index (Phi) is 4.64. The summed E-state index contributed by atoms with van der Waals surface area (Å²) in [5.41, 5.74) is 3.36. The first-order chi connectivity index (χ1) is 10.8. The molecule has 0 saturated carbocycles. The first-order valence-corrected chi connectivity index (χ1v) is 7.14. The highest BCUT2D eigenvalue weighted by molar-refractivity contribution is 6.05. The number of nitrogens with one attached hydrogen (secondary N) is 1. The van der Waals surface area contributed by atoms with Crippen LogP contribution in [-0.2, 0) is 0 Å². The van der Waals surface area contributed by atoms with Gasteiger partial charge in [-0.25, -0.2) is 0 Å². The SMILES string of the molecule is Cc1cccc(NC(=O)c2ccc(N(C)C)c([N+](=O)[O-])c2)c1C. The van der Waals surface area contributed by atoms with Gasteiger partial charge in [-0.15, -0.1) is 0 Å². The van der Waals surface area contributed by atoms with Crippen LogP contribution in [0.3, 0.4) is 0 Å². The standard InChI is InChI=1S/C17H19N3O3/c1-11-6-5-7-14(12(11)2)18-17(21)13-8-9-15(19(3)4)16(10-13)20(22)23/h5-10H,1-4H3,(H,18,21). The number of anilines is 2. The third-order valence-electron chi connectivity index (χ3n) is 3.77. The third kappa shape index (κ3) is 3.48. The molecule has 2 aromatic carbocycles. The molecule has 0 heterocycles. The zero-order chi connectivity index (χ0) is 17.1. The molecule has 0 aliphatic heterocycles. The Balaban J connectivity index is 2.35. The quantitative estimate of drug-likeness (QED) is 0.692. The molecule has 0 saturated heterocycles. The van der Waals surface area contributed by atoms with Gasteiger partial charge in [0.05, 0.1) is 4.92 Å². The normalized spacial score (nSPS) is 10.3. The van der Waals surface area contributed by atoms with Crippen molar-refractivity contribution in [2.45, 2.75) is 13.8 Å². The van der Waals surface area contributed by atoms with Crippen LogP contribution in [-0.4, -0.2) is 24.9 Å². The molecule has 0 aliphatic rings. The lowest BCUT2D eigenvalue weighted by atomic mass is 10.1. The predicted octanol–water partition coefficient (Wildman–Crippen LogP) is 3.53. The maximum Gasteiger partial charge on any atom is 0.293 e. The Labute approximate surface area is 134 Å². The molecule has 0 spiro atoms. The van der Waals surface area contributed by atoms with Gasteiger partial charge >= 0.3 is 0 Å². The Hall–Kier alpha value is -2.89. The molecule has 0 bridgehead atoms. The molecular formula is C17H19N3O3. The lowest BCUT2D eigenvalue weighted by Gasteiger charge is -2.14. The minimum atomic E-state index is -0.482. The number of nitro groups is 1. The molecule has 6 heteroatoms. The smallest absolute Gasteiger partial charge is 0.293 e. The summed E-state index contributed by atoms with van der Waals surface area (Å²) in [7, 11) is 3.44. The first kappa shape index (κ1) is 16.5. The molecule has 0 radical (unpaired) electrons. The molecule has 23 heavy (non-hydrogen) atoms. The van der Waals surface area contributed by atoms with E-state index in [-0.39, 0.29) is 17.2 Å². The molecule has 1 amide bonds. The van der Waals surface area contributed by atoms with E-state index in [1.165, 1.54) is 6.07 Å². The topological polar surface area (TPSA) is 75.5 Å². The van der Waals surface area contributed by atoms with Crippen LogP contribution in [0.1, 0.15) is 21.5 Å². The van der Waals surface area contributed by atoms with E-state index >= 15 is 0 Å². The molecule has 2 aromatic rings. The monoisotopic (exact) mass is 313 g/mol.